The number of carbonyl (C=O) groups is 3. The number of imidazole rings is 1. The summed E-state index contributed by atoms with van der Waals surface area (Å²) in [6.45, 7) is 1.55. The van der Waals surface area contributed by atoms with E-state index in [-0.39, 0.29) is 30.2 Å². The molecule has 2 aliphatic rings. The van der Waals surface area contributed by atoms with Crippen molar-refractivity contribution in [3.05, 3.63) is 65.5 Å². The minimum absolute atomic E-state index is 0.0500. The number of hydrogen-bond acceptors (Lipinski definition) is 4. The third-order valence-electron chi connectivity index (χ3n) is 5.68. The van der Waals surface area contributed by atoms with E-state index in [9.17, 15) is 14.4 Å². The second-order valence-corrected chi connectivity index (χ2v) is 7.55. The average molecular weight is 388 g/mol. The van der Waals surface area contributed by atoms with E-state index in [4.69, 9.17) is 0 Å². The maximum Gasteiger partial charge on any atom is 0.261 e. The van der Waals surface area contributed by atoms with Gasteiger partial charge in [0.05, 0.1) is 28.1 Å². The van der Waals surface area contributed by atoms with Crippen LogP contribution in [0.2, 0.25) is 0 Å². The molecule has 5 rings (SSSR count). The summed E-state index contributed by atoms with van der Waals surface area (Å²) in [4.78, 5) is 48.1. The number of fused-ring (bicyclic) bond motifs is 2. The molecular formula is C22H20N4O3. The first kappa shape index (κ1) is 17.6. The number of carbonyl (C=O) groups excluding carboxylic acids is 3. The second-order valence-electron chi connectivity index (χ2n) is 7.55. The second kappa shape index (κ2) is 6.84. The number of likely N-dealkylation sites (tertiary alicyclic amines) is 1. The molecule has 0 unspecified atom stereocenters. The van der Waals surface area contributed by atoms with Gasteiger partial charge in [0.25, 0.3) is 11.8 Å². The van der Waals surface area contributed by atoms with Crippen LogP contribution in [0.4, 0.5) is 0 Å². The SMILES string of the molecule is O=C(CCCN1C(=O)c2ccccc2C1=O)N1CC(c2nc3ccccc3[nH]2)C1. The zero-order chi connectivity index (χ0) is 20.0. The Morgan fingerprint density at radius 1 is 1.00 bits per heavy atom. The normalized spacial score (nSPS) is 16.4. The molecule has 0 bridgehead atoms. The van der Waals surface area contributed by atoms with E-state index in [0.29, 0.717) is 37.1 Å². The number of nitrogens with zero attached hydrogens (tertiary/aromatic N) is 3. The predicted octanol–water partition coefficient (Wildman–Crippen LogP) is 2.57. The van der Waals surface area contributed by atoms with Crippen molar-refractivity contribution in [2.45, 2.75) is 18.8 Å². The minimum Gasteiger partial charge on any atom is -0.342 e. The number of nitrogens with one attached hydrogen (secondary N) is 1. The van der Waals surface area contributed by atoms with Crippen LogP contribution in [0.3, 0.4) is 0 Å². The molecule has 0 radical (unpaired) electrons. The van der Waals surface area contributed by atoms with E-state index in [1.807, 2.05) is 24.3 Å². The summed E-state index contributed by atoms with van der Waals surface area (Å²) in [5, 5.41) is 0. The highest BCUT2D eigenvalue weighted by Crippen LogP contribution is 2.28. The van der Waals surface area contributed by atoms with Gasteiger partial charge in [-0.05, 0) is 30.7 Å². The lowest BCUT2D eigenvalue weighted by atomic mass is 9.98. The van der Waals surface area contributed by atoms with Gasteiger partial charge in [0.2, 0.25) is 5.91 Å². The minimum atomic E-state index is -0.271. The molecule has 3 heterocycles. The third-order valence-corrected chi connectivity index (χ3v) is 5.68. The average Bonchev–Trinajstić information content (AvgIpc) is 3.22. The fourth-order valence-electron chi connectivity index (χ4n) is 4.01. The molecule has 146 valence electrons. The Morgan fingerprint density at radius 2 is 1.66 bits per heavy atom. The van der Waals surface area contributed by atoms with Gasteiger partial charge in [0, 0.05) is 26.1 Å². The Morgan fingerprint density at radius 3 is 2.34 bits per heavy atom. The van der Waals surface area contributed by atoms with Gasteiger partial charge in [-0.2, -0.15) is 0 Å². The molecule has 0 spiro atoms. The number of para-hydroxylation sites is 2. The summed E-state index contributed by atoms with van der Waals surface area (Å²) in [6.07, 6.45) is 0.788. The number of aromatic nitrogens is 2. The van der Waals surface area contributed by atoms with Crippen LogP contribution in [-0.4, -0.2) is 57.1 Å². The van der Waals surface area contributed by atoms with Gasteiger partial charge in [-0.25, -0.2) is 4.98 Å². The van der Waals surface area contributed by atoms with Crippen molar-refractivity contribution in [3.63, 3.8) is 0 Å². The highest BCUT2D eigenvalue weighted by Gasteiger charge is 2.36. The van der Waals surface area contributed by atoms with Gasteiger partial charge in [-0.3, -0.25) is 19.3 Å². The quantitative estimate of drug-likeness (QED) is 0.681. The highest BCUT2D eigenvalue weighted by atomic mass is 16.2. The standard InChI is InChI=1S/C22H20N4O3/c27-19(10-5-11-26-21(28)15-6-1-2-7-16(15)22(26)29)25-12-14(13-25)20-23-17-8-3-4-9-18(17)24-20/h1-4,6-9,14H,5,10-13H2,(H,23,24). The lowest BCUT2D eigenvalue weighted by molar-refractivity contribution is -0.135. The molecule has 3 amide bonds. The van der Waals surface area contributed by atoms with Gasteiger partial charge in [-0.15, -0.1) is 0 Å². The first-order chi connectivity index (χ1) is 14.1. The lowest BCUT2D eigenvalue weighted by Gasteiger charge is -2.38. The van der Waals surface area contributed by atoms with Crippen LogP contribution in [0, 0.1) is 0 Å². The summed E-state index contributed by atoms with van der Waals surface area (Å²) >= 11 is 0. The number of rotatable bonds is 5. The Kier molecular flexibility index (Phi) is 4.16. The van der Waals surface area contributed by atoms with Gasteiger partial charge < -0.3 is 9.88 Å². The van der Waals surface area contributed by atoms with E-state index >= 15 is 0 Å². The van der Waals surface area contributed by atoms with Crippen molar-refractivity contribution in [2.24, 2.45) is 0 Å². The molecule has 2 aromatic carbocycles. The molecule has 7 heteroatoms. The van der Waals surface area contributed by atoms with Crippen molar-refractivity contribution in [3.8, 4) is 0 Å². The number of amides is 3. The van der Waals surface area contributed by atoms with Crippen molar-refractivity contribution >= 4 is 28.8 Å². The summed E-state index contributed by atoms with van der Waals surface area (Å²) < 4.78 is 0. The molecule has 1 fully saturated rings. The molecule has 0 atom stereocenters. The van der Waals surface area contributed by atoms with E-state index in [0.717, 1.165) is 16.9 Å². The van der Waals surface area contributed by atoms with Gasteiger partial charge in [0.1, 0.15) is 5.82 Å². The van der Waals surface area contributed by atoms with E-state index < -0.39 is 0 Å². The summed E-state index contributed by atoms with van der Waals surface area (Å²) in [5.41, 5.74) is 2.84. The van der Waals surface area contributed by atoms with Crippen molar-refractivity contribution in [1.82, 2.24) is 19.8 Å². The molecule has 1 N–H and O–H groups in total. The molecule has 1 aromatic heterocycles. The molecule has 7 nitrogen and oxygen atoms in total. The van der Waals surface area contributed by atoms with Crippen LogP contribution in [0.15, 0.2) is 48.5 Å². The highest BCUT2D eigenvalue weighted by molar-refractivity contribution is 6.21. The molecular weight excluding hydrogens is 368 g/mol. The van der Waals surface area contributed by atoms with Crippen molar-refractivity contribution in [2.75, 3.05) is 19.6 Å². The summed E-state index contributed by atoms with van der Waals surface area (Å²) in [5.74, 6) is 0.650. The molecule has 0 aliphatic carbocycles. The van der Waals surface area contributed by atoms with E-state index in [2.05, 4.69) is 9.97 Å². The molecule has 1 saturated heterocycles. The number of imide groups is 1. The Labute approximate surface area is 167 Å². The number of H-pyrrole nitrogens is 1. The van der Waals surface area contributed by atoms with Crippen LogP contribution >= 0.6 is 0 Å². The van der Waals surface area contributed by atoms with Crippen LogP contribution in [0.5, 0.6) is 0 Å². The smallest absolute Gasteiger partial charge is 0.261 e. The topological polar surface area (TPSA) is 86.4 Å². The maximum atomic E-state index is 12.4. The van der Waals surface area contributed by atoms with Gasteiger partial charge in [0.15, 0.2) is 0 Å². The third kappa shape index (κ3) is 2.99. The number of aromatic amines is 1. The summed E-state index contributed by atoms with van der Waals surface area (Å²) in [7, 11) is 0. The van der Waals surface area contributed by atoms with E-state index in [1.165, 1.54) is 4.90 Å². The Bertz CT molecular complexity index is 1060. The first-order valence-corrected chi connectivity index (χ1v) is 9.79. The van der Waals surface area contributed by atoms with Crippen molar-refractivity contribution < 1.29 is 14.4 Å². The van der Waals surface area contributed by atoms with E-state index in [1.54, 1.807) is 29.2 Å². The first-order valence-electron chi connectivity index (χ1n) is 9.79. The van der Waals surface area contributed by atoms with Crippen LogP contribution in [0.25, 0.3) is 11.0 Å². The molecule has 0 saturated carbocycles. The lowest BCUT2D eigenvalue weighted by Crippen LogP contribution is -2.49. The van der Waals surface area contributed by atoms with Crippen molar-refractivity contribution in [1.29, 1.82) is 0 Å². The van der Waals surface area contributed by atoms with Gasteiger partial charge >= 0.3 is 0 Å². The molecule has 29 heavy (non-hydrogen) atoms. The number of benzene rings is 2. The number of hydrogen-bond donors (Lipinski definition) is 1. The summed E-state index contributed by atoms with van der Waals surface area (Å²) in [6, 6.07) is 14.7. The van der Waals surface area contributed by atoms with Crippen LogP contribution in [-0.2, 0) is 4.79 Å². The molecule has 3 aromatic rings. The van der Waals surface area contributed by atoms with Crippen LogP contribution < -0.4 is 0 Å². The van der Waals surface area contributed by atoms with Gasteiger partial charge in [-0.1, -0.05) is 24.3 Å². The zero-order valence-electron chi connectivity index (χ0n) is 15.8. The molecule has 2 aliphatic heterocycles. The Balaban J connectivity index is 1.12. The monoisotopic (exact) mass is 388 g/mol. The maximum absolute atomic E-state index is 12.4. The fraction of sp³-hybridized carbons (Fsp3) is 0.273. The fourth-order valence-corrected chi connectivity index (χ4v) is 4.01. The Hall–Kier alpha value is -3.48. The van der Waals surface area contributed by atoms with Crippen LogP contribution in [0.1, 0.15) is 45.3 Å². The largest absolute Gasteiger partial charge is 0.342 e. The predicted molar refractivity (Wildman–Crippen MR) is 106 cm³/mol. The zero-order valence-corrected chi connectivity index (χ0v) is 15.8.